The fourth-order valence-corrected chi connectivity index (χ4v) is 1.72. The van der Waals surface area contributed by atoms with Crippen molar-refractivity contribution in [1.82, 2.24) is 0 Å². The van der Waals surface area contributed by atoms with Crippen molar-refractivity contribution in [3.63, 3.8) is 0 Å². The maximum absolute atomic E-state index is 9.71. The summed E-state index contributed by atoms with van der Waals surface area (Å²) in [7, 11) is -6.86. The van der Waals surface area contributed by atoms with Crippen LogP contribution in [0.1, 0.15) is 40.0 Å². The Bertz CT molecular complexity index is 326. The Balaban J connectivity index is -0.000000108. The van der Waals surface area contributed by atoms with Gasteiger partial charge in [-0.25, -0.2) is 0 Å². The summed E-state index contributed by atoms with van der Waals surface area (Å²) in [5.74, 6) is 3.53. The van der Waals surface area contributed by atoms with Crippen molar-refractivity contribution in [1.29, 1.82) is 0 Å². The normalized spacial score (nSPS) is 12.0. The fraction of sp³-hybridized carbons (Fsp3) is 0.500. The second-order valence-corrected chi connectivity index (χ2v) is 5.84. The molecule has 0 bridgehead atoms. The minimum atomic E-state index is -2.29. The first-order chi connectivity index (χ1) is 9.81. The van der Waals surface area contributed by atoms with Crippen LogP contribution in [0.25, 0.3) is 0 Å². The number of hydrogen-bond donors (Lipinski definition) is 0. The van der Waals surface area contributed by atoms with Crippen LogP contribution in [-0.2, 0) is 13.7 Å². The van der Waals surface area contributed by atoms with Gasteiger partial charge in [-0.1, -0.05) is 34.5 Å². The molecule has 0 saturated heterocycles. The largest absolute Gasteiger partial charge is 3.00 e. The number of rotatable bonds is 6. The Morgan fingerprint density at radius 2 is 0.818 bits per heavy atom. The quantitative estimate of drug-likeness (QED) is 0.515. The molecule has 0 rings (SSSR count). The second-order valence-electron chi connectivity index (χ2n) is 3.24. The smallest absolute Gasteiger partial charge is 0.591 e. The maximum Gasteiger partial charge on any atom is 3.00 e. The third kappa shape index (κ3) is 50.2. The van der Waals surface area contributed by atoms with E-state index in [1.54, 1.807) is 18.2 Å². The van der Waals surface area contributed by atoms with Gasteiger partial charge in [-0.2, -0.15) is 0 Å². The summed E-state index contributed by atoms with van der Waals surface area (Å²) < 4.78 is 29.1. The molecule has 0 aliphatic rings. The first-order valence-electron chi connectivity index (χ1n) is 6.22. The van der Waals surface area contributed by atoms with E-state index in [9.17, 15) is 28.4 Å². The van der Waals surface area contributed by atoms with E-state index in [2.05, 4.69) is 0 Å². The zero-order valence-corrected chi connectivity index (χ0v) is 16.8. The second kappa shape index (κ2) is 25.9. The van der Waals surface area contributed by atoms with Crippen molar-refractivity contribution in [2.45, 2.75) is 40.0 Å². The van der Waals surface area contributed by atoms with Crippen LogP contribution in [0.3, 0.4) is 0 Å². The molecule has 0 heterocycles. The summed E-state index contributed by atoms with van der Waals surface area (Å²) in [5, 5.41) is 0. The van der Waals surface area contributed by atoms with Crippen molar-refractivity contribution in [2.24, 2.45) is 0 Å². The van der Waals surface area contributed by atoms with Gasteiger partial charge in [0.05, 0.1) is 0 Å². The summed E-state index contributed by atoms with van der Waals surface area (Å²) in [6.07, 6.45) is 7.15. The molecule has 0 aromatic rings. The average Bonchev–Trinajstić information content (AvgIpc) is 2.41. The Hall–Kier alpha value is -0.0675. The van der Waals surface area contributed by atoms with Gasteiger partial charge in [0.1, 0.15) is 17.5 Å². The van der Waals surface area contributed by atoms with E-state index < -0.39 is 24.1 Å². The number of hydrogen-bond acceptors (Lipinski definition) is 6. The van der Waals surface area contributed by atoms with Gasteiger partial charge in [-0.05, 0) is 37.5 Å². The Morgan fingerprint density at radius 1 is 0.636 bits per heavy atom. The molecule has 0 aliphatic heterocycles. The van der Waals surface area contributed by atoms with E-state index >= 15 is 0 Å². The van der Waals surface area contributed by atoms with Crippen LogP contribution < -0.4 is 14.7 Å². The first kappa shape index (κ1) is 29.9. The zero-order valence-electron chi connectivity index (χ0n) is 13.0. The fourth-order valence-electron chi connectivity index (χ4n) is 0.574. The van der Waals surface area contributed by atoms with Crippen molar-refractivity contribution >= 4 is 41.4 Å². The SMILES string of the molecule is CCC=C[P+](=O)[O-].CCC=C[P+](=O)[O-].CCC=C[P+](=O)[O-].[Al+3]. The summed E-state index contributed by atoms with van der Waals surface area (Å²) in [6.45, 7) is 5.65. The van der Waals surface area contributed by atoms with Crippen LogP contribution in [0.4, 0.5) is 0 Å². The van der Waals surface area contributed by atoms with Crippen LogP contribution in [0.5, 0.6) is 0 Å². The molecule has 0 spiro atoms. The molecule has 6 nitrogen and oxygen atoms in total. The first-order valence-corrected chi connectivity index (χ1v) is 9.96. The molecular formula is C12H21AlO6P3+3. The van der Waals surface area contributed by atoms with Crippen LogP contribution in [0.2, 0.25) is 0 Å². The van der Waals surface area contributed by atoms with Crippen LogP contribution >= 0.6 is 24.1 Å². The predicted octanol–water partition coefficient (Wildman–Crippen LogP) is 2.66. The molecule has 0 saturated carbocycles. The Kier molecular flexibility index (Phi) is 35.1. The van der Waals surface area contributed by atoms with E-state index in [1.165, 1.54) is 17.5 Å². The minimum absolute atomic E-state index is 0. The van der Waals surface area contributed by atoms with Crippen molar-refractivity contribution in [3.05, 3.63) is 35.7 Å². The summed E-state index contributed by atoms with van der Waals surface area (Å²) >= 11 is 0. The molecule has 22 heavy (non-hydrogen) atoms. The molecular weight excluding hydrogens is 360 g/mol. The maximum atomic E-state index is 9.71. The summed E-state index contributed by atoms with van der Waals surface area (Å²) in [5.41, 5.74) is 0. The van der Waals surface area contributed by atoms with Crippen LogP contribution in [0, 0.1) is 0 Å². The summed E-state index contributed by atoms with van der Waals surface area (Å²) in [6, 6.07) is 0. The van der Waals surface area contributed by atoms with E-state index in [1.807, 2.05) is 20.8 Å². The van der Waals surface area contributed by atoms with Gasteiger partial charge in [0.15, 0.2) is 0 Å². The van der Waals surface area contributed by atoms with E-state index in [0.717, 1.165) is 19.3 Å². The predicted molar refractivity (Wildman–Crippen MR) is 86.9 cm³/mol. The van der Waals surface area contributed by atoms with E-state index in [-0.39, 0.29) is 17.4 Å². The molecule has 0 aliphatic carbocycles. The standard InChI is InChI=1S/3C4H7O2P.Al/c3*1-2-3-4-7(5)6;/h3*3-4H,2H2,1H3;/q;;;+3. The molecule has 0 radical (unpaired) electrons. The van der Waals surface area contributed by atoms with Gasteiger partial charge < -0.3 is 14.7 Å². The van der Waals surface area contributed by atoms with E-state index in [0.29, 0.717) is 0 Å². The van der Waals surface area contributed by atoms with Crippen LogP contribution in [-0.4, -0.2) is 17.4 Å². The van der Waals surface area contributed by atoms with Gasteiger partial charge in [0.25, 0.3) is 0 Å². The van der Waals surface area contributed by atoms with Gasteiger partial charge in [-0.15, -0.1) is 0 Å². The third-order valence-electron chi connectivity index (χ3n) is 1.39. The van der Waals surface area contributed by atoms with Gasteiger partial charge in [0, 0.05) is 0 Å². The van der Waals surface area contributed by atoms with Gasteiger partial charge in [-0.3, -0.25) is 0 Å². The minimum Gasteiger partial charge on any atom is -0.591 e. The third-order valence-corrected chi connectivity index (χ3v) is 2.75. The average molecular weight is 381 g/mol. The molecule has 0 aromatic carbocycles. The van der Waals surface area contributed by atoms with E-state index in [4.69, 9.17) is 0 Å². The molecule has 0 aromatic heterocycles. The Labute approximate surface area is 145 Å². The zero-order chi connectivity index (χ0) is 17.1. The molecule has 3 atom stereocenters. The van der Waals surface area contributed by atoms with Crippen LogP contribution in [0.15, 0.2) is 35.7 Å². The summed E-state index contributed by atoms with van der Waals surface area (Å²) in [4.78, 5) is 29.1. The molecule has 0 fully saturated rings. The molecule has 3 unspecified atom stereocenters. The topological polar surface area (TPSA) is 120 Å². The number of allylic oxidation sites excluding steroid dienone is 3. The molecule has 0 amide bonds. The monoisotopic (exact) mass is 381 g/mol. The Morgan fingerprint density at radius 3 is 0.864 bits per heavy atom. The van der Waals surface area contributed by atoms with Gasteiger partial charge in [0.2, 0.25) is 0 Å². The molecule has 10 heteroatoms. The van der Waals surface area contributed by atoms with Crippen molar-refractivity contribution < 1.29 is 28.4 Å². The van der Waals surface area contributed by atoms with Crippen molar-refractivity contribution in [3.8, 4) is 0 Å². The van der Waals surface area contributed by atoms with Crippen molar-refractivity contribution in [2.75, 3.05) is 0 Å². The van der Waals surface area contributed by atoms with Gasteiger partial charge >= 0.3 is 41.4 Å². The molecule has 120 valence electrons. The molecule has 0 N–H and O–H groups in total.